The van der Waals surface area contributed by atoms with Crippen LogP contribution in [0, 0.1) is 0 Å². The van der Waals surface area contributed by atoms with Crippen molar-refractivity contribution in [2.75, 3.05) is 0 Å². The molecule has 0 fully saturated rings. The third-order valence-corrected chi connectivity index (χ3v) is 10.5. The summed E-state index contributed by atoms with van der Waals surface area (Å²) in [5.74, 6) is -13.1. The van der Waals surface area contributed by atoms with E-state index in [4.69, 9.17) is 18.9 Å². The van der Waals surface area contributed by atoms with Gasteiger partial charge in [-0.1, -0.05) is 0 Å². The van der Waals surface area contributed by atoms with E-state index in [9.17, 15) is 80.8 Å². The molecule has 63 heavy (non-hydrogen) atoms. The van der Waals surface area contributed by atoms with Crippen LogP contribution in [-0.2, 0) is 22.3 Å². The summed E-state index contributed by atoms with van der Waals surface area (Å²) in [6.45, 7) is 0. The number of carbonyl (C=O) groups excluding carboxylic acids is 2. The monoisotopic (exact) mass is 868 g/mol. The number of hydrogen-bond acceptors (Lipinski definition) is 20. The first-order valence-electron chi connectivity index (χ1n) is 18.4. The van der Waals surface area contributed by atoms with Crippen molar-refractivity contribution in [2.45, 2.75) is 37.3 Å². The second-order valence-electron chi connectivity index (χ2n) is 14.6. The highest BCUT2D eigenvalue weighted by Crippen LogP contribution is 2.49. The van der Waals surface area contributed by atoms with Crippen molar-refractivity contribution < 1.29 is 94.9 Å². The number of ether oxygens (including phenoxy) is 4. The molecule has 2 aliphatic heterocycles. The first-order valence-corrected chi connectivity index (χ1v) is 18.4. The van der Waals surface area contributed by atoms with Crippen LogP contribution in [-0.4, -0.2) is 90.5 Å². The maximum atomic E-state index is 14.2. The van der Waals surface area contributed by atoms with Crippen LogP contribution in [0.25, 0.3) is 10.8 Å². The number of phenols is 12. The molecule has 0 bridgehead atoms. The summed E-state index contributed by atoms with van der Waals surface area (Å²) in [5.41, 5.74) is -2.80. The van der Waals surface area contributed by atoms with Gasteiger partial charge in [0, 0.05) is 59.4 Å². The highest BCUT2D eigenvalue weighted by molar-refractivity contribution is 5.99. The van der Waals surface area contributed by atoms with Gasteiger partial charge in [0.2, 0.25) is 5.43 Å². The Labute approximate surface area is 351 Å². The Bertz CT molecular complexity index is 2950. The number of phenolic OH excluding ortho intramolecular Hbond substituents is 12. The first kappa shape index (κ1) is 40.9. The molecule has 8 rings (SSSR count). The standard InChI is InChI=1S/C43H32O20/c44-17-7-23(46)21-12-33(40(60-31(21)9-17)14-2-25(48)36(54)26(49)3-14)62-42(58)15-1-19-20(11-30(53)39(57)35(19)38(56)29(52)4-15)41-34(13-22-24(47)8-18(45)10-32(22)61-41)63-43(59)16-5-27(50)37(55)28(51)6-16/h1-11,33-34,40-41,44-51,53-55,57H,12-13H2,(H,52,56)/t33-,34-,40-,41-/m1/s1. The zero-order valence-corrected chi connectivity index (χ0v) is 31.7. The average molecular weight is 869 g/mol. The fourth-order valence-corrected chi connectivity index (χ4v) is 7.54. The van der Waals surface area contributed by atoms with Crippen LogP contribution in [0.2, 0.25) is 0 Å². The molecular weight excluding hydrogens is 836 g/mol. The Morgan fingerprint density at radius 3 is 1.43 bits per heavy atom. The predicted molar refractivity (Wildman–Crippen MR) is 210 cm³/mol. The third-order valence-electron chi connectivity index (χ3n) is 10.5. The minimum absolute atomic E-state index is 0.00937. The molecule has 6 aromatic rings. The van der Waals surface area contributed by atoms with E-state index in [-0.39, 0.29) is 40.2 Å². The lowest BCUT2D eigenvalue weighted by Crippen LogP contribution is -2.35. The summed E-state index contributed by atoms with van der Waals surface area (Å²) in [5, 5.41) is 134. The fourth-order valence-electron chi connectivity index (χ4n) is 7.54. The molecule has 0 radical (unpaired) electrons. The van der Waals surface area contributed by atoms with Crippen LogP contribution in [0.1, 0.15) is 55.2 Å². The molecule has 0 spiro atoms. The van der Waals surface area contributed by atoms with E-state index in [1.807, 2.05) is 0 Å². The summed E-state index contributed by atoms with van der Waals surface area (Å²) in [6.07, 6.45) is -6.94. The molecule has 2 heterocycles. The van der Waals surface area contributed by atoms with Gasteiger partial charge in [-0.05, 0) is 47.9 Å². The number of esters is 2. The van der Waals surface area contributed by atoms with Gasteiger partial charge in [-0.3, -0.25) is 4.79 Å². The largest absolute Gasteiger partial charge is 0.508 e. The maximum absolute atomic E-state index is 14.2. The maximum Gasteiger partial charge on any atom is 0.338 e. The number of fused-ring (bicyclic) bond motifs is 3. The van der Waals surface area contributed by atoms with E-state index in [1.165, 1.54) is 0 Å². The van der Waals surface area contributed by atoms with Crippen LogP contribution in [0.15, 0.2) is 71.5 Å². The number of rotatable bonds is 6. The van der Waals surface area contributed by atoms with Gasteiger partial charge < -0.3 is 85.3 Å². The van der Waals surface area contributed by atoms with Gasteiger partial charge in [0.15, 0.2) is 64.0 Å². The van der Waals surface area contributed by atoms with Crippen molar-refractivity contribution in [1.29, 1.82) is 0 Å². The molecule has 2 aliphatic rings. The lowest BCUT2D eigenvalue weighted by Gasteiger charge is -2.34. The van der Waals surface area contributed by atoms with Crippen molar-refractivity contribution in [3.8, 4) is 86.2 Å². The molecule has 0 saturated heterocycles. The van der Waals surface area contributed by atoms with Gasteiger partial charge in [0.05, 0.1) is 16.5 Å². The highest BCUT2D eigenvalue weighted by Gasteiger charge is 2.40. The Kier molecular flexibility index (Phi) is 9.77. The molecule has 20 heteroatoms. The predicted octanol–water partition coefficient (Wildman–Crippen LogP) is 4.18. The van der Waals surface area contributed by atoms with Gasteiger partial charge in [0.1, 0.15) is 46.7 Å². The zero-order chi connectivity index (χ0) is 45.3. The van der Waals surface area contributed by atoms with Crippen LogP contribution in [0.5, 0.6) is 86.2 Å². The minimum atomic E-state index is -1.68. The Balaban J connectivity index is 1.26. The smallest absolute Gasteiger partial charge is 0.338 e. The summed E-state index contributed by atoms with van der Waals surface area (Å²) in [4.78, 5) is 41.5. The topological polar surface area (TPSA) is 351 Å². The molecule has 0 aliphatic carbocycles. The number of hydrogen-bond donors (Lipinski definition) is 13. The zero-order valence-electron chi connectivity index (χ0n) is 31.7. The van der Waals surface area contributed by atoms with Crippen LogP contribution in [0.3, 0.4) is 0 Å². The van der Waals surface area contributed by atoms with Gasteiger partial charge in [-0.15, -0.1) is 0 Å². The van der Waals surface area contributed by atoms with Gasteiger partial charge in [-0.2, -0.15) is 0 Å². The second-order valence-corrected chi connectivity index (χ2v) is 14.6. The molecule has 324 valence electrons. The molecular formula is C43H32O20. The molecule has 0 unspecified atom stereocenters. The van der Waals surface area contributed by atoms with Crippen LogP contribution >= 0.6 is 0 Å². The quantitative estimate of drug-likeness (QED) is 0.0824. The van der Waals surface area contributed by atoms with E-state index < -0.39 is 145 Å². The minimum Gasteiger partial charge on any atom is -0.508 e. The summed E-state index contributed by atoms with van der Waals surface area (Å²) in [7, 11) is 0. The Morgan fingerprint density at radius 1 is 0.476 bits per heavy atom. The first-order chi connectivity index (χ1) is 29.8. The molecule has 20 nitrogen and oxygen atoms in total. The lowest BCUT2D eigenvalue weighted by atomic mass is 9.90. The molecule has 0 amide bonds. The number of aromatic hydroxyl groups is 13. The summed E-state index contributed by atoms with van der Waals surface area (Å²) >= 11 is 0. The summed E-state index contributed by atoms with van der Waals surface area (Å²) < 4.78 is 23.7. The van der Waals surface area contributed by atoms with Gasteiger partial charge >= 0.3 is 11.9 Å². The van der Waals surface area contributed by atoms with Crippen LogP contribution in [0.4, 0.5) is 0 Å². The lowest BCUT2D eigenvalue weighted by molar-refractivity contribution is -0.0189. The van der Waals surface area contributed by atoms with Crippen molar-refractivity contribution in [3.63, 3.8) is 0 Å². The normalized spacial score (nSPS) is 17.7. The van der Waals surface area contributed by atoms with Crippen molar-refractivity contribution in [3.05, 3.63) is 110 Å². The van der Waals surface area contributed by atoms with Crippen LogP contribution < -0.4 is 14.9 Å². The summed E-state index contributed by atoms with van der Waals surface area (Å²) in [6, 6.07) is 10.2. The Morgan fingerprint density at radius 2 is 0.905 bits per heavy atom. The van der Waals surface area contributed by atoms with Crippen molar-refractivity contribution in [1.82, 2.24) is 0 Å². The van der Waals surface area contributed by atoms with E-state index in [0.29, 0.717) is 6.07 Å². The van der Waals surface area contributed by atoms with Crippen molar-refractivity contribution in [2.24, 2.45) is 0 Å². The van der Waals surface area contributed by atoms with Gasteiger partial charge in [0.25, 0.3) is 0 Å². The average Bonchev–Trinajstić information content (AvgIpc) is 3.35. The van der Waals surface area contributed by atoms with E-state index in [0.717, 1.165) is 60.7 Å². The van der Waals surface area contributed by atoms with E-state index >= 15 is 0 Å². The van der Waals surface area contributed by atoms with Crippen molar-refractivity contribution >= 4 is 22.7 Å². The third kappa shape index (κ3) is 7.19. The second kappa shape index (κ2) is 15.0. The molecule has 0 aromatic heterocycles. The molecule has 4 atom stereocenters. The number of carbonyl (C=O) groups is 2. The van der Waals surface area contributed by atoms with E-state index in [1.54, 1.807) is 0 Å². The SMILES string of the molecule is O=C(O[C@@H]1Cc2c(O)cc(O)cc2O[C@@H]1c1cc(O)c(O)c(O)c1)c1cc(O)c(=O)c2c(O)c(O)cc([C@H]3Oc4cc(O)cc(O)c4C[C@H]3OC(=O)c3cc(O)c(O)c(O)c3)c2c1. The molecule has 13 N–H and O–H groups in total. The molecule has 0 saturated carbocycles. The highest BCUT2D eigenvalue weighted by atomic mass is 16.6. The fraction of sp³-hybridized carbons (Fsp3) is 0.140. The molecule has 6 aromatic carbocycles. The van der Waals surface area contributed by atoms with E-state index in [2.05, 4.69) is 0 Å². The van der Waals surface area contributed by atoms with Gasteiger partial charge in [-0.25, -0.2) is 9.59 Å². The Hall–Kier alpha value is -8.81. The number of benzene rings is 5.